The maximum Gasteiger partial charge on any atom is 0.0747 e. The van der Waals surface area contributed by atoms with Crippen LogP contribution >= 0.6 is 11.8 Å². The molecule has 1 aromatic rings. The van der Waals surface area contributed by atoms with Crippen molar-refractivity contribution < 1.29 is 0 Å². The highest BCUT2D eigenvalue weighted by atomic mass is 32.2. The van der Waals surface area contributed by atoms with E-state index in [1.165, 1.54) is 10.8 Å². The van der Waals surface area contributed by atoms with Crippen molar-refractivity contribution in [3.63, 3.8) is 0 Å². The van der Waals surface area contributed by atoms with E-state index in [2.05, 4.69) is 10.9 Å². The van der Waals surface area contributed by atoms with Crippen molar-refractivity contribution in [1.82, 2.24) is 0 Å². The second-order valence-electron chi connectivity index (χ2n) is 2.80. The Hall–Kier alpha value is -1.20. The van der Waals surface area contributed by atoms with Crippen molar-refractivity contribution in [2.75, 3.05) is 5.75 Å². The van der Waals surface area contributed by atoms with Gasteiger partial charge in [-0.3, -0.25) is 0 Å². The molecule has 0 amide bonds. The molecule has 1 aliphatic heterocycles. The average Bonchev–Trinajstić information content (AvgIpc) is 2.12. The minimum Gasteiger partial charge on any atom is -0.247 e. The summed E-state index contributed by atoms with van der Waals surface area (Å²) >= 11 is 1.81. The Morgan fingerprint density at radius 2 is 2.31 bits per heavy atom. The number of thioether (sulfide) groups is 1. The summed E-state index contributed by atoms with van der Waals surface area (Å²) in [5.74, 6) is 3.80. The lowest BCUT2D eigenvalue weighted by Gasteiger charge is -2.13. The summed E-state index contributed by atoms with van der Waals surface area (Å²) in [6.07, 6.45) is 6.41. The van der Waals surface area contributed by atoms with Crippen LogP contribution < -0.4 is 0 Å². The second-order valence-corrected chi connectivity index (χ2v) is 3.97. The van der Waals surface area contributed by atoms with Crippen LogP contribution in [0.1, 0.15) is 12.0 Å². The molecule has 0 aliphatic carbocycles. The highest BCUT2D eigenvalue weighted by molar-refractivity contribution is 8.15. The van der Waals surface area contributed by atoms with Gasteiger partial charge in [0.15, 0.2) is 0 Å². The number of aliphatic imine (C=N–C) groups is 1. The van der Waals surface area contributed by atoms with Gasteiger partial charge in [-0.1, -0.05) is 12.0 Å². The molecular weight excluding hydrogens is 178 g/mol. The molecule has 1 aromatic carbocycles. The van der Waals surface area contributed by atoms with Crippen molar-refractivity contribution in [1.29, 1.82) is 0 Å². The van der Waals surface area contributed by atoms with Crippen LogP contribution in [-0.2, 0) is 0 Å². The third-order valence-corrected chi connectivity index (χ3v) is 2.89. The molecule has 0 unspecified atom stereocenters. The first-order chi connectivity index (χ1) is 6.38. The topological polar surface area (TPSA) is 12.4 Å². The molecule has 1 nitrogen and oxygen atoms in total. The number of benzene rings is 1. The highest BCUT2D eigenvalue weighted by Gasteiger charge is 2.10. The lowest BCUT2D eigenvalue weighted by atomic mass is 10.2. The van der Waals surface area contributed by atoms with E-state index in [1.54, 1.807) is 0 Å². The monoisotopic (exact) mass is 187 g/mol. The summed E-state index contributed by atoms with van der Waals surface area (Å²) in [6, 6.07) is 7.77. The van der Waals surface area contributed by atoms with Gasteiger partial charge in [0.05, 0.1) is 10.7 Å². The predicted octanol–water partition coefficient (Wildman–Crippen LogP) is 2.83. The van der Waals surface area contributed by atoms with Crippen LogP contribution in [0, 0.1) is 12.3 Å². The Morgan fingerprint density at radius 1 is 1.46 bits per heavy atom. The minimum absolute atomic E-state index is 0.895. The summed E-state index contributed by atoms with van der Waals surface area (Å²) in [7, 11) is 0. The maximum atomic E-state index is 5.29. The molecule has 0 atom stereocenters. The van der Waals surface area contributed by atoms with Gasteiger partial charge in [-0.25, -0.2) is 4.99 Å². The number of hydrogen-bond acceptors (Lipinski definition) is 2. The zero-order valence-corrected chi connectivity index (χ0v) is 7.97. The van der Waals surface area contributed by atoms with Gasteiger partial charge in [-0.2, -0.15) is 0 Å². The van der Waals surface area contributed by atoms with E-state index >= 15 is 0 Å². The van der Waals surface area contributed by atoms with Crippen LogP contribution in [0.5, 0.6) is 0 Å². The zero-order chi connectivity index (χ0) is 9.10. The second kappa shape index (κ2) is 3.68. The predicted molar refractivity (Wildman–Crippen MR) is 58.5 cm³/mol. The standard InChI is InChI=1S/C11H9NS/c1-2-9-4-3-5-10(8-9)12-11-6-7-13-11/h1,3-5,8H,6-7H2. The van der Waals surface area contributed by atoms with Gasteiger partial charge in [-0.15, -0.1) is 18.2 Å². The van der Waals surface area contributed by atoms with Crippen LogP contribution in [0.25, 0.3) is 0 Å². The van der Waals surface area contributed by atoms with Crippen molar-refractivity contribution in [2.45, 2.75) is 6.42 Å². The molecule has 1 aliphatic rings. The highest BCUT2D eigenvalue weighted by Crippen LogP contribution is 2.25. The summed E-state index contributed by atoms with van der Waals surface area (Å²) in [4.78, 5) is 4.46. The lowest BCUT2D eigenvalue weighted by molar-refractivity contribution is 1.28. The number of rotatable bonds is 1. The van der Waals surface area contributed by atoms with Gasteiger partial charge in [-0.05, 0) is 18.2 Å². The molecule has 1 fully saturated rings. The first kappa shape index (κ1) is 8.40. The maximum absolute atomic E-state index is 5.29. The van der Waals surface area contributed by atoms with Crippen LogP contribution in [0.3, 0.4) is 0 Å². The molecule has 2 rings (SSSR count). The van der Waals surface area contributed by atoms with E-state index in [9.17, 15) is 0 Å². The molecule has 13 heavy (non-hydrogen) atoms. The Kier molecular flexibility index (Phi) is 2.37. The Bertz CT molecular complexity index is 381. The van der Waals surface area contributed by atoms with E-state index in [1.807, 2.05) is 36.0 Å². The number of terminal acetylenes is 1. The Labute approximate surface area is 82.3 Å². The third-order valence-electron chi connectivity index (χ3n) is 1.85. The molecule has 1 saturated heterocycles. The van der Waals surface area contributed by atoms with Gasteiger partial charge < -0.3 is 0 Å². The van der Waals surface area contributed by atoms with Crippen molar-refractivity contribution in [3.8, 4) is 12.3 Å². The lowest BCUT2D eigenvalue weighted by Crippen LogP contribution is -2.06. The first-order valence-corrected chi connectivity index (χ1v) is 5.14. The number of hydrogen-bond donors (Lipinski definition) is 0. The van der Waals surface area contributed by atoms with Crippen LogP contribution in [0.4, 0.5) is 5.69 Å². The normalized spacial score (nSPS) is 17.9. The fraction of sp³-hybridized carbons (Fsp3) is 0.182. The van der Waals surface area contributed by atoms with Gasteiger partial charge in [0.1, 0.15) is 0 Å². The average molecular weight is 187 g/mol. The minimum atomic E-state index is 0.895. The fourth-order valence-electron chi connectivity index (χ4n) is 1.09. The van der Waals surface area contributed by atoms with E-state index in [-0.39, 0.29) is 0 Å². The van der Waals surface area contributed by atoms with Crippen LogP contribution in [-0.4, -0.2) is 10.8 Å². The fourth-order valence-corrected chi connectivity index (χ4v) is 1.65. The largest absolute Gasteiger partial charge is 0.247 e. The van der Waals surface area contributed by atoms with Crippen molar-refractivity contribution >= 4 is 22.5 Å². The van der Waals surface area contributed by atoms with E-state index in [0.29, 0.717) is 0 Å². The molecular formula is C11H9NS. The molecule has 0 spiro atoms. The molecule has 0 bridgehead atoms. The summed E-state index contributed by atoms with van der Waals surface area (Å²) < 4.78 is 0. The van der Waals surface area contributed by atoms with Gasteiger partial charge in [0, 0.05) is 17.7 Å². The summed E-state index contributed by atoms with van der Waals surface area (Å²) in [5, 5.41) is 1.22. The third kappa shape index (κ3) is 1.93. The van der Waals surface area contributed by atoms with E-state index in [0.717, 1.165) is 17.7 Å². The van der Waals surface area contributed by atoms with E-state index in [4.69, 9.17) is 6.42 Å². The zero-order valence-electron chi connectivity index (χ0n) is 7.16. The Balaban J connectivity index is 2.26. The molecule has 0 saturated carbocycles. The summed E-state index contributed by atoms with van der Waals surface area (Å²) in [5.41, 5.74) is 1.86. The molecule has 2 heteroatoms. The van der Waals surface area contributed by atoms with Crippen molar-refractivity contribution in [3.05, 3.63) is 29.8 Å². The smallest absolute Gasteiger partial charge is 0.0747 e. The Morgan fingerprint density at radius 3 is 2.92 bits per heavy atom. The van der Waals surface area contributed by atoms with Crippen LogP contribution in [0.15, 0.2) is 29.3 Å². The molecule has 0 radical (unpaired) electrons. The first-order valence-electron chi connectivity index (χ1n) is 4.15. The quantitative estimate of drug-likeness (QED) is 0.616. The molecule has 0 aromatic heterocycles. The van der Waals surface area contributed by atoms with Gasteiger partial charge in [0.25, 0.3) is 0 Å². The SMILES string of the molecule is C#Cc1cccc(N=C2CCS2)c1. The van der Waals surface area contributed by atoms with Crippen LogP contribution in [0.2, 0.25) is 0 Å². The van der Waals surface area contributed by atoms with Crippen molar-refractivity contribution in [2.24, 2.45) is 4.99 Å². The van der Waals surface area contributed by atoms with Gasteiger partial charge >= 0.3 is 0 Å². The van der Waals surface area contributed by atoms with E-state index < -0.39 is 0 Å². The molecule has 1 heterocycles. The molecule has 0 N–H and O–H groups in total. The summed E-state index contributed by atoms with van der Waals surface area (Å²) in [6.45, 7) is 0. The number of nitrogens with zero attached hydrogens (tertiary/aromatic N) is 1. The molecule has 64 valence electrons. The van der Waals surface area contributed by atoms with Gasteiger partial charge in [0.2, 0.25) is 0 Å².